The molecule has 0 aliphatic carbocycles. The van der Waals surface area contributed by atoms with Crippen molar-refractivity contribution >= 4 is 21.8 Å². The van der Waals surface area contributed by atoms with Gasteiger partial charge < -0.3 is 0 Å². The van der Waals surface area contributed by atoms with Gasteiger partial charge in [0.2, 0.25) is 0 Å². The summed E-state index contributed by atoms with van der Waals surface area (Å²) < 4.78 is 1.80. The van der Waals surface area contributed by atoms with Gasteiger partial charge in [-0.3, -0.25) is 5.10 Å². The summed E-state index contributed by atoms with van der Waals surface area (Å²) in [5.74, 6) is 0.821. The van der Waals surface area contributed by atoms with Crippen LogP contribution >= 0.6 is 0 Å². The van der Waals surface area contributed by atoms with Gasteiger partial charge in [0.15, 0.2) is 5.82 Å². The molecule has 0 aliphatic rings. The van der Waals surface area contributed by atoms with Gasteiger partial charge in [0.05, 0.1) is 11.0 Å². The number of hydrogen-bond acceptors (Lipinski definition) is 2. The van der Waals surface area contributed by atoms with E-state index < -0.39 is 0 Å². The molecule has 4 aromatic rings. The molecule has 1 N–H and O–H groups in total. The maximum Gasteiger partial charge on any atom is 0.182 e. The van der Waals surface area contributed by atoms with Crippen LogP contribution in [0.2, 0.25) is 0 Å². The number of aromatic amines is 1. The first-order chi connectivity index (χ1) is 8.92. The minimum absolute atomic E-state index is 0.821. The highest BCUT2D eigenvalue weighted by Gasteiger charge is 2.08. The summed E-state index contributed by atoms with van der Waals surface area (Å²) in [5, 5.41) is 14.0. The zero-order chi connectivity index (χ0) is 11.9. The van der Waals surface area contributed by atoms with Crippen LogP contribution in [-0.4, -0.2) is 20.0 Å². The first-order valence-corrected chi connectivity index (χ1v) is 5.71. The smallest absolute Gasteiger partial charge is 0.182 e. The van der Waals surface area contributed by atoms with E-state index in [2.05, 4.69) is 21.4 Å². The van der Waals surface area contributed by atoms with Gasteiger partial charge in [0.1, 0.15) is 0 Å². The van der Waals surface area contributed by atoms with Crippen LogP contribution in [0.3, 0.4) is 0 Å². The first-order valence-electron chi connectivity index (χ1n) is 5.71. The van der Waals surface area contributed by atoms with E-state index in [1.54, 1.807) is 4.68 Å². The van der Waals surface area contributed by atoms with Crippen molar-refractivity contribution < 1.29 is 0 Å². The summed E-state index contributed by atoms with van der Waals surface area (Å²) in [7, 11) is 0. The summed E-state index contributed by atoms with van der Waals surface area (Å²) in [6, 6.07) is 16.8. The molecule has 0 saturated carbocycles. The lowest BCUT2D eigenvalue weighted by Gasteiger charge is -1.95. The zero-order valence-corrected chi connectivity index (χ0v) is 9.46. The van der Waals surface area contributed by atoms with Crippen molar-refractivity contribution in [2.45, 2.75) is 0 Å². The van der Waals surface area contributed by atoms with Crippen molar-refractivity contribution in [2.75, 3.05) is 0 Å². The van der Waals surface area contributed by atoms with Crippen molar-refractivity contribution in [3.8, 4) is 5.82 Å². The topological polar surface area (TPSA) is 46.5 Å². The highest BCUT2D eigenvalue weighted by molar-refractivity contribution is 5.86. The molecule has 18 heavy (non-hydrogen) atoms. The largest absolute Gasteiger partial charge is 0.276 e. The lowest BCUT2D eigenvalue weighted by Crippen LogP contribution is -1.94. The number of nitrogens with one attached hydrogen (secondary N) is 1. The van der Waals surface area contributed by atoms with E-state index >= 15 is 0 Å². The van der Waals surface area contributed by atoms with E-state index in [1.165, 1.54) is 0 Å². The highest BCUT2D eigenvalue weighted by Crippen LogP contribution is 2.20. The fourth-order valence-electron chi connectivity index (χ4n) is 2.14. The maximum absolute atomic E-state index is 4.52. The quantitative estimate of drug-likeness (QED) is 0.549. The number of para-hydroxylation sites is 1. The van der Waals surface area contributed by atoms with Crippen LogP contribution in [0.1, 0.15) is 0 Å². The Labute approximate surface area is 103 Å². The van der Waals surface area contributed by atoms with Crippen LogP contribution in [0.15, 0.2) is 48.7 Å². The predicted molar refractivity (Wildman–Crippen MR) is 69.6 cm³/mol. The number of fused-ring (bicyclic) bond motifs is 2. The van der Waals surface area contributed by atoms with Crippen molar-refractivity contribution in [3.63, 3.8) is 0 Å². The van der Waals surface area contributed by atoms with Gasteiger partial charge in [-0.05, 0) is 30.3 Å². The number of aromatic nitrogens is 4. The standard InChI is InChI=1S/C14H9N4/c1-3-7-12-10(5-1)9-18(17-12)14-11-6-2-4-8-13(11)15-16-14/h2-9H,(H,15,16). The molecule has 85 valence electrons. The molecule has 4 nitrogen and oxygen atoms in total. The molecule has 0 fully saturated rings. The molecule has 0 amide bonds. The van der Waals surface area contributed by atoms with E-state index in [-0.39, 0.29) is 0 Å². The van der Waals surface area contributed by atoms with Gasteiger partial charge in [-0.2, -0.15) is 10.2 Å². The van der Waals surface area contributed by atoms with Crippen molar-refractivity contribution in [1.29, 1.82) is 0 Å². The predicted octanol–water partition coefficient (Wildman–Crippen LogP) is 2.70. The van der Waals surface area contributed by atoms with E-state index in [0.29, 0.717) is 0 Å². The third-order valence-corrected chi connectivity index (χ3v) is 3.02. The normalized spacial score (nSPS) is 11.3. The Kier molecular flexibility index (Phi) is 1.80. The van der Waals surface area contributed by atoms with Crippen molar-refractivity contribution in [1.82, 2.24) is 20.0 Å². The van der Waals surface area contributed by atoms with E-state index in [4.69, 9.17) is 0 Å². The molecule has 0 bridgehead atoms. The van der Waals surface area contributed by atoms with Gasteiger partial charge in [-0.25, -0.2) is 4.68 Å². The molecule has 0 spiro atoms. The molecule has 2 heterocycles. The monoisotopic (exact) mass is 233 g/mol. The van der Waals surface area contributed by atoms with Crippen LogP contribution in [0.4, 0.5) is 0 Å². The van der Waals surface area contributed by atoms with Gasteiger partial charge >= 0.3 is 0 Å². The molecule has 0 aliphatic heterocycles. The summed E-state index contributed by atoms with van der Waals surface area (Å²) in [5.41, 5.74) is 1.96. The van der Waals surface area contributed by atoms with Crippen molar-refractivity contribution in [3.05, 3.63) is 54.7 Å². The van der Waals surface area contributed by atoms with E-state index in [9.17, 15) is 0 Å². The molecule has 0 unspecified atom stereocenters. The molecule has 0 saturated heterocycles. The Morgan fingerprint density at radius 2 is 2.11 bits per heavy atom. The summed E-state index contributed by atoms with van der Waals surface area (Å²) in [6.45, 7) is 0. The Morgan fingerprint density at radius 1 is 1.17 bits per heavy atom. The van der Waals surface area contributed by atoms with Gasteiger partial charge in [-0.15, -0.1) is 0 Å². The molecular formula is C14H9N4. The second-order valence-corrected chi connectivity index (χ2v) is 4.15. The van der Waals surface area contributed by atoms with Crippen molar-refractivity contribution in [2.24, 2.45) is 0 Å². The number of benzene rings is 2. The number of H-pyrrole nitrogens is 1. The Bertz CT molecular complexity index is 808. The second kappa shape index (κ2) is 3.43. The van der Waals surface area contributed by atoms with Gasteiger partial charge in [-0.1, -0.05) is 18.2 Å². The molecule has 4 rings (SSSR count). The van der Waals surface area contributed by atoms with Gasteiger partial charge in [0, 0.05) is 17.0 Å². The molecule has 4 heteroatoms. The molecule has 2 aromatic heterocycles. The lowest BCUT2D eigenvalue weighted by molar-refractivity contribution is 0.854. The average molecular weight is 233 g/mol. The minimum atomic E-state index is 0.821. The summed E-state index contributed by atoms with van der Waals surface area (Å²) in [6.07, 6.45) is 1.97. The molecule has 1 radical (unpaired) electrons. The molecule has 2 aromatic carbocycles. The SMILES string of the molecule is [c]1ccc2nn(-c3n[nH]c4ccccc34)cc2c1. The van der Waals surface area contributed by atoms with Gasteiger partial charge in [0.25, 0.3) is 0 Å². The third kappa shape index (κ3) is 1.26. The van der Waals surface area contributed by atoms with E-state index in [1.807, 2.05) is 48.7 Å². The number of hydrogen-bond donors (Lipinski definition) is 1. The Balaban J connectivity index is 2.01. The maximum atomic E-state index is 4.52. The van der Waals surface area contributed by atoms with Crippen LogP contribution in [0.5, 0.6) is 0 Å². The third-order valence-electron chi connectivity index (χ3n) is 3.02. The van der Waals surface area contributed by atoms with E-state index in [0.717, 1.165) is 27.6 Å². The Morgan fingerprint density at radius 3 is 3.06 bits per heavy atom. The first kappa shape index (κ1) is 9.41. The zero-order valence-electron chi connectivity index (χ0n) is 9.46. The number of nitrogens with zero attached hydrogens (tertiary/aromatic N) is 3. The fraction of sp³-hybridized carbons (Fsp3) is 0. The number of rotatable bonds is 1. The fourth-order valence-corrected chi connectivity index (χ4v) is 2.14. The molecular weight excluding hydrogens is 224 g/mol. The Hall–Kier alpha value is -2.62. The van der Waals surface area contributed by atoms with Crippen LogP contribution in [0, 0.1) is 6.07 Å². The van der Waals surface area contributed by atoms with Crippen LogP contribution in [-0.2, 0) is 0 Å². The minimum Gasteiger partial charge on any atom is -0.276 e. The van der Waals surface area contributed by atoms with Crippen LogP contribution < -0.4 is 0 Å². The summed E-state index contributed by atoms with van der Waals surface area (Å²) in [4.78, 5) is 0. The second-order valence-electron chi connectivity index (χ2n) is 4.15. The highest BCUT2D eigenvalue weighted by atomic mass is 15.3. The average Bonchev–Trinajstić information content (AvgIpc) is 3.02. The lowest BCUT2D eigenvalue weighted by atomic mass is 10.2. The summed E-state index contributed by atoms with van der Waals surface area (Å²) >= 11 is 0. The van der Waals surface area contributed by atoms with Crippen LogP contribution in [0.25, 0.3) is 27.6 Å². The molecule has 0 atom stereocenters.